The van der Waals surface area contributed by atoms with Crippen LogP contribution >= 0.6 is 0 Å². The Hall–Kier alpha value is -2.27. The first-order chi connectivity index (χ1) is 9.20. The molecule has 100 valence electrons. The van der Waals surface area contributed by atoms with Crippen molar-refractivity contribution in [2.75, 3.05) is 12.8 Å². The van der Waals surface area contributed by atoms with E-state index in [4.69, 9.17) is 10.5 Å². The summed E-state index contributed by atoms with van der Waals surface area (Å²) in [5.41, 5.74) is 8.67. The molecule has 0 fully saturated rings. The van der Waals surface area contributed by atoms with Gasteiger partial charge in [0.15, 0.2) is 0 Å². The standard InChI is InChI=1S/C14H17N3O2/c1-19-9-11-5-3-2-4-10(11)7-17-14(18)13-6-12(15)8-16-13/h2-6,8,16H,7,9,15H2,1H3,(H,17,18). The van der Waals surface area contributed by atoms with Gasteiger partial charge < -0.3 is 20.8 Å². The first-order valence-corrected chi connectivity index (χ1v) is 5.98. The van der Waals surface area contributed by atoms with Crippen LogP contribution < -0.4 is 11.1 Å². The van der Waals surface area contributed by atoms with Gasteiger partial charge in [0.25, 0.3) is 5.91 Å². The molecule has 0 aliphatic carbocycles. The predicted octanol–water partition coefficient (Wildman–Crippen LogP) is 1.67. The van der Waals surface area contributed by atoms with Crippen molar-refractivity contribution in [2.45, 2.75) is 13.2 Å². The molecule has 0 spiro atoms. The summed E-state index contributed by atoms with van der Waals surface area (Å²) in [6.45, 7) is 0.985. The van der Waals surface area contributed by atoms with E-state index in [0.29, 0.717) is 24.5 Å². The second-order valence-corrected chi connectivity index (χ2v) is 4.23. The zero-order chi connectivity index (χ0) is 13.7. The van der Waals surface area contributed by atoms with Crippen LogP contribution in [0.3, 0.4) is 0 Å². The molecule has 0 aliphatic heterocycles. The summed E-state index contributed by atoms with van der Waals surface area (Å²) in [7, 11) is 1.65. The summed E-state index contributed by atoms with van der Waals surface area (Å²) in [6, 6.07) is 9.45. The summed E-state index contributed by atoms with van der Waals surface area (Å²) in [5.74, 6) is -0.177. The molecule has 2 aromatic rings. The van der Waals surface area contributed by atoms with Gasteiger partial charge in [-0.3, -0.25) is 4.79 Å². The molecule has 0 radical (unpaired) electrons. The van der Waals surface area contributed by atoms with Crippen molar-refractivity contribution in [1.29, 1.82) is 0 Å². The molecule has 0 aliphatic rings. The topological polar surface area (TPSA) is 80.1 Å². The first-order valence-electron chi connectivity index (χ1n) is 5.98. The fourth-order valence-corrected chi connectivity index (χ4v) is 1.84. The van der Waals surface area contributed by atoms with Gasteiger partial charge in [0.05, 0.1) is 6.61 Å². The van der Waals surface area contributed by atoms with Gasteiger partial charge >= 0.3 is 0 Å². The highest BCUT2D eigenvalue weighted by molar-refractivity contribution is 5.93. The SMILES string of the molecule is COCc1ccccc1CNC(=O)c1cc(N)c[nH]1. The second kappa shape index (κ2) is 6.06. The van der Waals surface area contributed by atoms with E-state index in [1.54, 1.807) is 19.4 Å². The minimum Gasteiger partial charge on any atom is -0.397 e. The van der Waals surface area contributed by atoms with Gasteiger partial charge in [-0.25, -0.2) is 0 Å². The van der Waals surface area contributed by atoms with Gasteiger partial charge in [0.2, 0.25) is 0 Å². The summed E-state index contributed by atoms with van der Waals surface area (Å²) in [4.78, 5) is 14.7. The molecule has 1 amide bonds. The van der Waals surface area contributed by atoms with Crippen molar-refractivity contribution >= 4 is 11.6 Å². The highest BCUT2D eigenvalue weighted by atomic mass is 16.5. The molecule has 5 nitrogen and oxygen atoms in total. The first kappa shape index (κ1) is 13.2. The number of benzene rings is 1. The number of anilines is 1. The molecule has 0 unspecified atom stereocenters. The Balaban J connectivity index is 2.00. The predicted molar refractivity (Wildman–Crippen MR) is 73.5 cm³/mol. The Labute approximate surface area is 111 Å². The minimum absolute atomic E-state index is 0.177. The average Bonchev–Trinajstić information content (AvgIpc) is 2.84. The van der Waals surface area contributed by atoms with Gasteiger partial charge in [-0.05, 0) is 17.2 Å². The van der Waals surface area contributed by atoms with Crippen molar-refractivity contribution in [2.24, 2.45) is 0 Å². The number of ether oxygens (including phenoxy) is 1. The smallest absolute Gasteiger partial charge is 0.268 e. The fourth-order valence-electron chi connectivity index (χ4n) is 1.84. The Morgan fingerprint density at radius 2 is 2.11 bits per heavy atom. The Morgan fingerprint density at radius 1 is 1.37 bits per heavy atom. The molecule has 2 rings (SSSR count). The number of hydrogen-bond acceptors (Lipinski definition) is 3. The fraction of sp³-hybridized carbons (Fsp3) is 0.214. The lowest BCUT2D eigenvalue weighted by molar-refractivity contribution is 0.0946. The largest absolute Gasteiger partial charge is 0.397 e. The van der Waals surface area contributed by atoms with Crippen molar-refractivity contribution < 1.29 is 9.53 Å². The number of carbonyl (C=O) groups excluding carboxylic acids is 1. The molecule has 1 aromatic heterocycles. The van der Waals surface area contributed by atoms with Crippen LogP contribution in [0.25, 0.3) is 0 Å². The highest BCUT2D eigenvalue weighted by Crippen LogP contribution is 2.10. The molecule has 19 heavy (non-hydrogen) atoms. The third-order valence-electron chi connectivity index (χ3n) is 2.81. The van der Waals surface area contributed by atoms with Crippen molar-refractivity contribution in [3.63, 3.8) is 0 Å². The van der Waals surface area contributed by atoms with Crippen LogP contribution in [0.15, 0.2) is 36.5 Å². The number of aromatic nitrogens is 1. The van der Waals surface area contributed by atoms with Gasteiger partial charge in [-0.15, -0.1) is 0 Å². The van der Waals surface area contributed by atoms with Crippen LogP contribution in [0.4, 0.5) is 5.69 Å². The third-order valence-corrected chi connectivity index (χ3v) is 2.81. The van der Waals surface area contributed by atoms with Crippen LogP contribution in [0, 0.1) is 0 Å². The quantitative estimate of drug-likeness (QED) is 0.764. The van der Waals surface area contributed by atoms with E-state index < -0.39 is 0 Å². The summed E-state index contributed by atoms with van der Waals surface area (Å²) >= 11 is 0. The van der Waals surface area contributed by atoms with E-state index in [2.05, 4.69) is 10.3 Å². The number of nitrogen functional groups attached to an aromatic ring is 1. The van der Waals surface area contributed by atoms with Crippen molar-refractivity contribution in [3.05, 3.63) is 53.3 Å². The molecule has 0 saturated heterocycles. The molecule has 1 aromatic carbocycles. The van der Waals surface area contributed by atoms with E-state index in [1.807, 2.05) is 24.3 Å². The Kier molecular flexibility index (Phi) is 4.20. The number of amides is 1. The number of carbonyl (C=O) groups is 1. The number of hydrogen-bond donors (Lipinski definition) is 3. The molecule has 0 atom stereocenters. The number of nitrogens with one attached hydrogen (secondary N) is 2. The summed E-state index contributed by atoms with van der Waals surface area (Å²) in [5, 5.41) is 2.85. The van der Waals surface area contributed by atoms with E-state index >= 15 is 0 Å². The molecular weight excluding hydrogens is 242 g/mol. The highest BCUT2D eigenvalue weighted by Gasteiger charge is 2.08. The molecule has 1 heterocycles. The molecule has 0 saturated carbocycles. The molecule has 4 N–H and O–H groups in total. The van der Waals surface area contributed by atoms with Gasteiger partial charge in [0, 0.05) is 25.5 Å². The monoisotopic (exact) mass is 259 g/mol. The minimum atomic E-state index is -0.177. The van der Waals surface area contributed by atoms with E-state index in [0.717, 1.165) is 11.1 Å². The van der Waals surface area contributed by atoms with Crippen LogP contribution in [-0.4, -0.2) is 18.0 Å². The van der Waals surface area contributed by atoms with Crippen molar-refractivity contribution in [3.8, 4) is 0 Å². The lowest BCUT2D eigenvalue weighted by atomic mass is 10.1. The molecular formula is C14H17N3O2. The maximum Gasteiger partial charge on any atom is 0.268 e. The second-order valence-electron chi connectivity index (χ2n) is 4.23. The average molecular weight is 259 g/mol. The molecule has 0 bridgehead atoms. The van der Waals surface area contributed by atoms with Crippen LogP contribution in [0.2, 0.25) is 0 Å². The van der Waals surface area contributed by atoms with E-state index in [1.165, 1.54) is 0 Å². The van der Waals surface area contributed by atoms with E-state index in [9.17, 15) is 4.79 Å². The zero-order valence-electron chi connectivity index (χ0n) is 10.8. The number of methoxy groups -OCH3 is 1. The van der Waals surface area contributed by atoms with Crippen LogP contribution in [-0.2, 0) is 17.9 Å². The van der Waals surface area contributed by atoms with Crippen molar-refractivity contribution in [1.82, 2.24) is 10.3 Å². The maximum absolute atomic E-state index is 11.9. The summed E-state index contributed by atoms with van der Waals surface area (Å²) < 4.78 is 5.13. The number of H-pyrrole nitrogens is 1. The zero-order valence-corrected chi connectivity index (χ0v) is 10.8. The number of nitrogens with two attached hydrogens (primary N) is 1. The number of rotatable bonds is 5. The Morgan fingerprint density at radius 3 is 2.74 bits per heavy atom. The van der Waals surface area contributed by atoms with Gasteiger partial charge in [-0.2, -0.15) is 0 Å². The maximum atomic E-state index is 11.9. The van der Waals surface area contributed by atoms with E-state index in [-0.39, 0.29) is 5.91 Å². The van der Waals surface area contributed by atoms with Crippen LogP contribution in [0.5, 0.6) is 0 Å². The van der Waals surface area contributed by atoms with Gasteiger partial charge in [-0.1, -0.05) is 24.3 Å². The normalized spacial score (nSPS) is 10.4. The molecule has 5 heteroatoms. The van der Waals surface area contributed by atoms with Crippen LogP contribution in [0.1, 0.15) is 21.6 Å². The third kappa shape index (κ3) is 3.35. The summed E-state index contributed by atoms with van der Waals surface area (Å²) in [6.07, 6.45) is 1.59. The lowest BCUT2D eigenvalue weighted by Crippen LogP contribution is -2.23. The number of aromatic amines is 1. The van der Waals surface area contributed by atoms with Gasteiger partial charge in [0.1, 0.15) is 5.69 Å². The Bertz CT molecular complexity index is 563. The lowest BCUT2D eigenvalue weighted by Gasteiger charge is -2.09.